The lowest BCUT2D eigenvalue weighted by atomic mass is 9.59. The highest BCUT2D eigenvalue weighted by Crippen LogP contribution is 2.53. The predicted molar refractivity (Wildman–Crippen MR) is 293 cm³/mol. The van der Waals surface area contributed by atoms with Crippen LogP contribution in [0.25, 0.3) is 11.0 Å². The average molecular weight is 1060 g/mol. The number of nitrogens with zero attached hydrogens (tertiary/aromatic N) is 5. The maximum atomic E-state index is 14.1. The molecule has 2 aromatic heterocycles. The quantitative estimate of drug-likeness (QED) is 0.0496. The molecule has 1 unspecified atom stereocenters. The van der Waals surface area contributed by atoms with Gasteiger partial charge in [0.05, 0.1) is 41.4 Å². The third kappa shape index (κ3) is 11.4. The van der Waals surface area contributed by atoms with E-state index in [0.717, 1.165) is 106 Å². The molecule has 18 heteroatoms. The number of anilines is 2. The van der Waals surface area contributed by atoms with E-state index in [1.807, 2.05) is 25.1 Å². The molecule has 2 saturated heterocycles. The monoisotopic (exact) mass is 1050 g/mol. The number of rotatable bonds is 17. The summed E-state index contributed by atoms with van der Waals surface area (Å²) in [5, 5.41) is 26.5. The molecule has 6 aromatic rings. The molecule has 17 nitrogen and oxygen atoms in total. The van der Waals surface area contributed by atoms with Crippen LogP contribution >= 0.6 is 0 Å². The van der Waals surface area contributed by atoms with E-state index in [-0.39, 0.29) is 34.4 Å². The van der Waals surface area contributed by atoms with Crippen LogP contribution in [0.1, 0.15) is 111 Å². The molecule has 10 rings (SSSR count). The maximum Gasteiger partial charge on any atom is 0.293 e. The number of piperazine rings is 1. The van der Waals surface area contributed by atoms with E-state index in [4.69, 9.17) is 14.2 Å². The summed E-state index contributed by atoms with van der Waals surface area (Å²) in [6.45, 7) is 12.1. The van der Waals surface area contributed by atoms with Gasteiger partial charge in [0.15, 0.2) is 11.5 Å². The molecular weight excluding hydrogens is 985 g/mol. The number of pyridine rings is 1. The molecule has 4 aromatic carbocycles. The lowest BCUT2D eigenvalue weighted by Crippen LogP contribution is -2.60. The molecule has 4 aliphatic rings. The first-order chi connectivity index (χ1) is 36.5. The number of aromatic nitrogens is 2. The van der Waals surface area contributed by atoms with E-state index in [9.17, 15) is 28.4 Å². The number of fused-ring (bicyclic) bond motifs is 1. The van der Waals surface area contributed by atoms with E-state index in [0.29, 0.717) is 42.7 Å². The highest BCUT2D eigenvalue weighted by molar-refractivity contribution is 7.90. The molecule has 1 spiro atoms. The molecule has 0 radical (unpaired) electrons. The first-order valence-electron chi connectivity index (χ1n) is 26.6. The number of ether oxygens (including phenoxy) is 3. The molecule has 2 saturated carbocycles. The van der Waals surface area contributed by atoms with Crippen molar-refractivity contribution in [3.63, 3.8) is 0 Å². The summed E-state index contributed by atoms with van der Waals surface area (Å²) in [6.07, 6.45) is 10.4. The average Bonchev–Trinajstić information content (AvgIpc) is 3.89. The highest BCUT2D eigenvalue weighted by Gasteiger charge is 2.50. The van der Waals surface area contributed by atoms with Crippen LogP contribution in [-0.2, 0) is 16.6 Å². The minimum Gasteiger partial charge on any atom is -0.493 e. The van der Waals surface area contributed by atoms with Crippen molar-refractivity contribution in [2.24, 2.45) is 11.3 Å². The van der Waals surface area contributed by atoms with E-state index < -0.39 is 37.0 Å². The maximum absolute atomic E-state index is 14.1. The number of nitro groups is 1. The van der Waals surface area contributed by atoms with Crippen LogP contribution in [0.3, 0.4) is 0 Å². The second-order valence-electron chi connectivity index (χ2n) is 22.1. The van der Waals surface area contributed by atoms with Gasteiger partial charge in [0.1, 0.15) is 22.8 Å². The van der Waals surface area contributed by atoms with Gasteiger partial charge in [-0.05, 0) is 141 Å². The zero-order chi connectivity index (χ0) is 53.4. The van der Waals surface area contributed by atoms with Gasteiger partial charge in [0, 0.05) is 87.3 Å². The van der Waals surface area contributed by atoms with Crippen molar-refractivity contribution >= 4 is 44.0 Å². The minimum absolute atomic E-state index is 0.0338. The number of aliphatic hydroxyl groups is 1. The molecule has 1 atom stereocenters. The highest BCUT2D eigenvalue weighted by atomic mass is 32.2. The third-order valence-corrected chi connectivity index (χ3v) is 17.9. The molecule has 2 aliphatic heterocycles. The van der Waals surface area contributed by atoms with Crippen molar-refractivity contribution in [3.8, 4) is 23.0 Å². The van der Waals surface area contributed by atoms with Crippen LogP contribution < -0.4 is 29.1 Å². The van der Waals surface area contributed by atoms with Gasteiger partial charge in [-0.1, -0.05) is 44.2 Å². The molecule has 4 fully saturated rings. The van der Waals surface area contributed by atoms with Crippen molar-refractivity contribution in [1.29, 1.82) is 0 Å². The zero-order valence-corrected chi connectivity index (χ0v) is 44.9. The number of hydrogen-bond acceptors (Lipinski definition) is 14. The van der Waals surface area contributed by atoms with E-state index in [2.05, 4.69) is 85.0 Å². The van der Waals surface area contributed by atoms with Crippen molar-refractivity contribution in [2.45, 2.75) is 107 Å². The number of methoxy groups -OCH3 is 2. The standard InChI is InChI=1S/C58H70N8O9S/c1-38(2)46-8-6-7-9-47(46)51-37-63(36-40-10-15-52(73-4)54(28-40)74-5)26-27-65(51)43-32-58(33-43)21-24-64(25-22-58)42-11-13-48(53(30-42)75-44-29-41-18-23-59-55(41)61-35-44)56(67)62-76(71,72)45-12-14-49(50(31-45)66(69)70)60-34-39-16-19-57(3,68)20-17-39/h6-15,18,23,28-31,35,38-39,43,51,60,68H,16-17,19-22,24-27,32-34,36-37H2,1-5H3,(H,59,61)(H,62,67)/t39-,51?,57-. The number of piperidine rings is 1. The number of aromatic amines is 1. The number of carbonyl (C=O) groups is 1. The fourth-order valence-electron chi connectivity index (χ4n) is 12.2. The summed E-state index contributed by atoms with van der Waals surface area (Å²) < 4.78 is 47.5. The van der Waals surface area contributed by atoms with Crippen LogP contribution in [-0.4, -0.2) is 109 Å². The number of benzene rings is 4. The summed E-state index contributed by atoms with van der Waals surface area (Å²) in [7, 11) is -1.25. The number of sulfonamides is 1. The lowest BCUT2D eigenvalue weighted by molar-refractivity contribution is -0.384. The normalized spacial score (nSPS) is 21.3. The number of hydrogen-bond donors (Lipinski definition) is 4. The Hall–Kier alpha value is -6.73. The van der Waals surface area contributed by atoms with Gasteiger partial charge in [0.25, 0.3) is 21.6 Å². The Bertz CT molecular complexity index is 3190. The largest absolute Gasteiger partial charge is 0.493 e. The van der Waals surface area contributed by atoms with E-state index in [1.165, 1.54) is 28.8 Å². The van der Waals surface area contributed by atoms with Crippen LogP contribution in [0, 0.1) is 21.4 Å². The summed E-state index contributed by atoms with van der Waals surface area (Å²) >= 11 is 0. The van der Waals surface area contributed by atoms with Crippen molar-refractivity contribution in [2.75, 3.05) is 63.7 Å². The molecule has 2 aliphatic carbocycles. The van der Waals surface area contributed by atoms with Gasteiger partial charge in [-0.2, -0.15) is 0 Å². The first kappa shape index (κ1) is 52.7. The SMILES string of the molecule is COc1ccc(CN2CCN(C3CC4(CCN(c5ccc(C(=O)NS(=O)(=O)c6ccc(NC[C@H]7CC[C@](C)(O)CC7)c([N+](=O)[O-])c6)c(Oc6cnc7[nH]ccc7c6)c5)CC4)C3)C(c3ccccc3C(C)C)C2)cc1OC. The predicted octanol–water partition coefficient (Wildman–Crippen LogP) is 10.2. The Morgan fingerprint density at radius 3 is 2.41 bits per heavy atom. The second-order valence-corrected chi connectivity index (χ2v) is 23.8. The third-order valence-electron chi connectivity index (χ3n) is 16.6. The van der Waals surface area contributed by atoms with E-state index >= 15 is 0 Å². The Morgan fingerprint density at radius 2 is 1.67 bits per heavy atom. The van der Waals surface area contributed by atoms with Crippen LogP contribution in [0.2, 0.25) is 0 Å². The molecule has 402 valence electrons. The van der Waals surface area contributed by atoms with Crippen LogP contribution in [0.5, 0.6) is 23.0 Å². The lowest BCUT2D eigenvalue weighted by Gasteiger charge is -2.58. The molecule has 76 heavy (non-hydrogen) atoms. The van der Waals surface area contributed by atoms with E-state index in [1.54, 1.807) is 44.8 Å². The molecular formula is C58H70N8O9S. The number of amides is 1. The Morgan fingerprint density at radius 1 is 0.908 bits per heavy atom. The fraction of sp³-hybridized carbons (Fsp3) is 0.448. The van der Waals surface area contributed by atoms with Crippen molar-refractivity contribution in [3.05, 3.63) is 136 Å². The minimum atomic E-state index is -4.59. The molecule has 4 heterocycles. The Kier molecular flexibility index (Phi) is 15.1. The van der Waals surface area contributed by atoms with Gasteiger partial charge in [-0.3, -0.25) is 24.7 Å². The summed E-state index contributed by atoms with van der Waals surface area (Å²) in [5.41, 5.74) is 4.71. The van der Waals surface area contributed by atoms with Crippen molar-refractivity contribution in [1.82, 2.24) is 24.5 Å². The smallest absolute Gasteiger partial charge is 0.293 e. The molecule has 0 bridgehead atoms. The van der Waals surface area contributed by atoms with Gasteiger partial charge < -0.3 is 34.5 Å². The van der Waals surface area contributed by atoms with Crippen LogP contribution in [0.4, 0.5) is 17.1 Å². The number of H-pyrrole nitrogens is 1. The second kappa shape index (κ2) is 21.7. The zero-order valence-electron chi connectivity index (χ0n) is 44.1. The first-order valence-corrected chi connectivity index (χ1v) is 28.1. The fourth-order valence-corrected chi connectivity index (χ4v) is 13.2. The summed E-state index contributed by atoms with van der Waals surface area (Å²) in [5.74, 6) is 1.60. The number of nitro benzene ring substituents is 1. The summed E-state index contributed by atoms with van der Waals surface area (Å²) in [6, 6.07) is 28.3. The van der Waals surface area contributed by atoms with Gasteiger partial charge >= 0.3 is 0 Å². The van der Waals surface area contributed by atoms with Crippen molar-refractivity contribution < 1.29 is 37.5 Å². The van der Waals surface area contributed by atoms with Gasteiger partial charge in [-0.25, -0.2) is 18.1 Å². The molecule has 4 N–H and O–H groups in total. The molecule has 1 amide bonds. The Balaban J connectivity index is 0.831. The van der Waals surface area contributed by atoms with Gasteiger partial charge in [-0.15, -0.1) is 0 Å². The topological polar surface area (TPSA) is 205 Å². The number of nitrogens with one attached hydrogen (secondary N) is 3. The Labute approximate surface area is 445 Å². The van der Waals surface area contributed by atoms with Crippen LogP contribution in [0.15, 0.2) is 108 Å². The number of carbonyl (C=O) groups excluding carboxylic acids is 1. The van der Waals surface area contributed by atoms with Gasteiger partial charge in [0.2, 0.25) is 0 Å². The summed E-state index contributed by atoms with van der Waals surface area (Å²) in [4.78, 5) is 40.5.